The highest BCUT2D eigenvalue weighted by Gasteiger charge is 2.12. The lowest BCUT2D eigenvalue weighted by Gasteiger charge is -2.06. The second kappa shape index (κ2) is 5.50. The van der Waals surface area contributed by atoms with Crippen LogP contribution in [0, 0.1) is 0 Å². The molecule has 4 aromatic heterocycles. The third-order valence-electron chi connectivity index (χ3n) is 5.09. The van der Waals surface area contributed by atoms with E-state index in [2.05, 4.69) is 22.1 Å². The Hall–Kier alpha value is -3.99. The topological polar surface area (TPSA) is 71.8 Å². The lowest BCUT2D eigenvalue weighted by Crippen LogP contribution is -1.96. The van der Waals surface area contributed by atoms with Crippen LogP contribution in [0.2, 0.25) is 0 Å². The van der Waals surface area contributed by atoms with Crippen molar-refractivity contribution in [3.05, 3.63) is 83.3 Å². The van der Waals surface area contributed by atoms with Crippen molar-refractivity contribution in [2.45, 2.75) is 0 Å². The van der Waals surface area contributed by atoms with Gasteiger partial charge in [0.25, 0.3) is 0 Å². The maximum Gasteiger partial charge on any atom is 0.191 e. The second-order valence-corrected chi connectivity index (χ2v) is 6.77. The summed E-state index contributed by atoms with van der Waals surface area (Å²) in [7, 11) is 0. The van der Waals surface area contributed by atoms with E-state index in [1.54, 1.807) is 24.4 Å². The first-order chi connectivity index (χ1) is 13.8. The first-order valence-corrected chi connectivity index (χ1v) is 8.97. The van der Waals surface area contributed by atoms with Crippen LogP contribution < -0.4 is 5.43 Å². The fourth-order valence-corrected chi connectivity index (χ4v) is 3.75. The van der Waals surface area contributed by atoms with Gasteiger partial charge in [-0.05, 0) is 30.3 Å². The van der Waals surface area contributed by atoms with Gasteiger partial charge in [-0.1, -0.05) is 30.3 Å². The number of nitrogens with one attached hydrogen (secondary N) is 1. The van der Waals surface area contributed by atoms with Crippen molar-refractivity contribution >= 4 is 43.9 Å². The van der Waals surface area contributed by atoms with Crippen molar-refractivity contribution in [3.63, 3.8) is 0 Å². The fraction of sp³-hybridized carbons (Fsp3) is 0. The number of benzene rings is 2. The van der Waals surface area contributed by atoms with Crippen LogP contribution >= 0.6 is 0 Å². The molecule has 2 aromatic carbocycles. The Morgan fingerprint density at radius 1 is 0.857 bits per heavy atom. The maximum atomic E-state index is 12.2. The van der Waals surface area contributed by atoms with Gasteiger partial charge in [-0.2, -0.15) is 0 Å². The van der Waals surface area contributed by atoms with Crippen LogP contribution in [0.3, 0.4) is 0 Å². The van der Waals surface area contributed by atoms with Crippen LogP contribution in [0.25, 0.3) is 55.1 Å². The summed E-state index contributed by atoms with van der Waals surface area (Å²) in [4.78, 5) is 24.8. The highest BCUT2D eigenvalue weighted by atomic mass is 16.3. The summed E-state index contributed by atoms with van der Waals surface area (Å²) in [6.07, 6.45) is 3.64. The number of fused-ring (bicyclic) bond motifs is 6. The minimum absolute atomic E-state index is 0.0541. The molecule has 0 bridgehead atoms. The summed E-state index contributed by atoms with van der Waals surface area (Å²) in [6, 6.07) is 19.1. The van der Waals surface area contributed by atoms with Crippen LogP contribution in [0.5, 0.6) is 0 Å². The zero-order chi connectivity index (χ0) is 18.7. The number of nitrogens with zero attached hydrogens (tertiary/aromatic N) is 2. The molecule has 5 nitrogen and oxygen atoms in total. The Bertz CT molecular complexity index is 1590. The number of hydrogen-bond donors (Lipinski definition) is 1. The minimum Gasteiger partial charge on any atom is -0.454 e. The zero-order valence-corrected chi connectivity index (χ0v) is 14.6. The number of pyridine rings is 3. The van der Waals surface area contributed by atoms with E-state index >= 15 is 0 Å². The lowest BCUT2D eigenvalue weighted by molar-refractivity contribution is 0.668. The van der Waals surface area contributed by atoms with E-state index in [-0.39, 0.29) is 5.43 Å². The lowest BCUT2D eigenvalue weighted by atomic mass is 10.1. The van der Waals surface area contributed by atoms with Crippen LogP contribution in [0.4, 0.5) is 0 Å². The van der Waals surface area contributed by atoms with Gasteiger partial charge in [0, 0.05) is 28.7 Å². The molecule has 0 saturated heterocycles. The van der Waals surface area contributed by atoms with Gasteiger partial charge < -0.3 is 9.40 Å². The highest BCUT2D eigenvalue weighted by molar-refractivity contribution is 6.04. The number of furan rings is 1. The first-order valence-electron chi connectivity index (χ1n) is 8.97. The predicted molar refractivity (Wildman–Crippen MR) is 110 cm³/mol. The van der Waals surface area contributed by atoms with Crippen molar-refractivity contribution in [1.82, 2.24) is 15.0 Å². The van der Waals surface area contributed by atoms with Crippen molar-refractivity contribution in [2.24, 2.45) is 0 Å². The van der Waals surface area contributed by atoms with Gasteiger partial charge in [-0.3, -0.25) is 9.78 Å². The predicted octanol–water partition coefficient (Wildman–Crippen LogP) is 5.04. The molecule has 0 radical (unpaired) electrons. The molecule has 0 fully saturated rings. The molecule has 0 aliphatic heterocycles. The molecule has 0 saturated carbocycles. The van der Waals surface area contributed by atoms with E-state index in [4.69, 9.17) is 9.40 Å². The Morgan fingerprint density at radius 3 is 2.64 bits per heavy atom. The van der Waals surface area contributed by atoms with Crippen LogP contribution in [0.15, 0.2) is 82.3 Å². The molecule has 0 unspecified atom stereocenters. The molecule has 28 heavy (non-hydrogen) atoms. The number of aromatic nitrogens is 3. The number of rotatable bonds is 1. The third kappa shape index (κ3) is 2.10. The van der Waals surface area contributed by atoms with Gasteiger partial charge in [0.15, 0.2) is 11.0 Å². The quantitative estimate of drug-likeness (QED) is 0.416. The molecule has 0 spiro atoms. The summed E-state index contributed by atoms with van der Waals surface area (Å²) in [6.45, 7) is 0. The zero-order valence-electron chi connectivity index (χ0n) is 14.6. The van der Waals surface area contributed by atoms with Gasteiger partial charge in [-0.25, -0.2) is 4.98 Å². The van der Waals surface area contributed by atoms with E-state index < -0.39 is 0 Å². The molecule has 5 heteroatoms. The van der Waals surface area contributed by atoms with Crippen LogP contribution in [-0.4, -0.2) is 15.0 Å². The molecular weight excluding hydrogens is 350 g/mol. The van der Waals surface area contributed by atoms with Crippen molar-refractivity contribution in [2.75, 3.05) is 0 Å². The Labute approximate surface area is 158 Å². The van der Waals surface area contributed by atoms with Crippen LogP contribution in [0.1, 0.15) is 0 Å². The van der Waals surface area contributed by atoms with Crippen molar-refractivity contribution in [3.8, 4) is 11.3 Å². The van der Waals surface area contributed by atoms with E-state index in [1.807, 2.05) is 36.5 Å². The summed E-state index contributed by atoms with van der Waals surface area (Å²) >= 11 is 0. The molecule has 0 aliphatic rings. The Balaban J connectivity index is 1.61. The summed E-state index contributed by atoms with van der Waals surface area (Å²) in [5, 5.41) is 2.67. The standard InChI is InChI=1S/C23H13N3O2/c27-17-4-1-5-18-20(17)23-19(28-18)11-15(12-25-23)16-9-8-14-7-6-13-3-2-10-24-21(13)22(14)26-16/h1-12,25H. The number of aromatic amines is 1. The molecule has 0 amide bonds. The summed E-state index contributed by atoms with van der Waals surface area (Å²) in [5.41, 5.74) is 5.31. The molecule has 132 valence electrons. The summed E-state index contributed by atoms with van der Waals surface area (Å²) < 4.78 is 5.88. The second-order valence-electron chi connectivity index (χ2n) is 6.77. The van der Waals surface area contributed by atoms with Crippen molar-refractivity contribution in [1.29, 1.82) is 0 Å². The molecule has 6 aromatic rings. The number of hydrogen-bond acceptors (Lipinski definition) is 4. The van der Waals surface area contributed by atoms with Gasteiger partial charge >= 0.3 is 0 Å². The van der Waals surface area contributed by atoms with E-state index in [9.17, 15) is 4.79 Å². The molecule has 1 N–H and O–H groups in total. The average molecular weight is 363 g/mol. The molecule has 0 aliphatic carbocycles. The first kappa shape index (κ1) is 15.1. The molecular formula is C23H13N3O2. The smallest absolute Gasteiger partial charge is 0.191 e. The van der Waals surface area contributed by atoms with Crippen LogP contribution in [-0.2, 0) is 0 Å². The maximum absolute atomic E-state index is 12.2. The molecule has 0 atom stereocenters. The minimum atomic E-state index is -0.0541. The fourth-order valence-electron chi connectivity index (χ4n) is 3.75. The molecule has 4 heterocycles. The molecule has 6 rings (SSSR count). The van der Waals surface area contributed by atoms with Gasteiger partial charge in [0.1, 0.15) is 5.58 Å². The average Bonchev–Trinajstić information content (AvgIpc) is 3.12. The number of H-pyrrole nitrogens is 1. The SMILES string of the molecule is O=c1cccc2oc3cc(-c4ccc5ccc6cccnc6c5n4)c[nH]c3c12. The van der Waals surface area contributed by atoms with E-state index in [0.29, 0.717) is 22.1 Å². The Kier molecular flexibility index (Phi) is 2.97. The van der Waals surface area contributed by atoms with Crippen molar-refractivity contribution < 1.29 is 4.42 Å². The Morgan fingerprint density at radius 2 is 1.71 bits per heavy atom. The van der Waals surface area contributed by atoms with E-state index in [1.165, 1.54) is 0 Å². The highest BCUT2D eigenvalue weighted by Crippen LogP contribution is 2.30. The third-order valence-corrected chi connectivity index (χ3v) is 5.09. The monoisotopic (exact) mass is 363 g/mol. The van der Waals surface area contributed by atoms with Gasteiger partial charge in [0.05, 0.1) is 27.6 Å². The normalized spacial score (nSPS) is 11.7. The summed E-state index contributed by atoms with van der Waals surface area (Å²) in [5.74, 6) is 0. The largest absolute Gasteiger partial charge is 0.454 e. The van der Waals surface area contributed by atoms with Gasteiger partial charge in [-0.15, -0.1) is 0 Å². The van der Waals surface area contributed by atoms with Gasteiger partial charge in [0.2, 0.25) is 0 Å². The van der Waals surface area contributed by atoms with E-state index in [0.717, 1.165) is 33.1 Å².